The zero-order chi connectivity index (χ0) is 26.0. The molecule has 184 valence electrons. The van der Waals surface area contributed by atoms with Crippen molar-refractivity contribution in [2.24, 2.45) is 0 Å². The Kier molecular flexibility index (Phi) is 6.71. The van der Waals surface area contributed by atoms with Gasteiger partial charge in [-0.1, -0.05) is 48.5 Å². The largest absolute Gasteiger partial charge is 0.381 e. The number of allylic oxidation sites excluding steroid dienone is 1. The van der Waals surface area contributed by atoms with Crippen LogP contribution in [0.2, 0.25) is 0 Å². The highest BCUT2D eigenvalue weighted by Crippen LogP contribution is 2.37. The minimum Gasteiger partial charge on any atom is -0.381 e. The molecule has 0 aromatic heterocycles. The van der Waals surface area contributed by atoms with E-state index in [9.17, 15) is 28.1 Å². The molecule has 1 aliphatic heterocycles. The standard InChI is InChI=1S/C26H23N3O6S/c1-17(2)27-24-21-10-6-7-11-23(21)36(34,35)28(25(24)26(31)19-8-4-3-5-9-19)16-22(30)18-12-14-20(15-13-18)29(32)33/h3-15,17,27H,16H2,1-2H3. The summed E-state index contributed by atoms with van der Waals surface area (Å²) < 4.78 is 28.4. The van der Waals surface area contributed by atoms with Crippen molar-refractivity contribution in [2.45, 2.75) is 24.8 Å². The number of hydrogen-bond donors (Lipinski definition) is 1. The van der Waals surface area contributed by atoms with E-state index in [1.54, 1.807) is 48.5 Å². The van der Waals surface area contributed by atoms with E-state index in [2.05, 4.69) is 5.32 Å². The van der Waals surface area contributed by atoms with Gasteiger partial charge in [-0.15, -0.1) is 0 Å². The number of non-ortho nitro benzene ring substituents is 1. The summed E-state index contributed by atoms with van der Waals surface area (Å²) >= 11 is 0. The molecule has 4 rings (SSSR count). The van der Waals surface area contributed by atoms with Gasteiger partial charge in [0.2, 0.25) is 5.78 Å². The number of carbonyl (C=O) groups is 2. The molecule has 0 aliphatic carbocycles. The number of sulfonamides is 1. The molecule has 1 N–H and O–H groups in total. The number of benzene rings is 3. The van der Waals surface area contributed by atoms with Gasteiger partial charge in [-0.05, 0) is 32.0 Å². The van der Waals surface area contributed by atoms with Crippen LogP contribution >= 0.6 is 0 Å². The summed E-state index contributed by atoms with van der Waals surface area (Å²) in [5, 5.41) is 14.2. The molecule has 0 bridgehead atoms. The molecule has 0 fully saturated rings. The van der Waals surface area contributed by atoms with E-state index >= 15 is 0 Å². The molecular weight excluding hydrogens is 482 g/mol. The van der Waals surface area contributed by atoms with E-state index in [0.29, 0.717) is 11.3 Å². The first kappa shape index (κ1) is 24.8. The third kappa shape index (κ3) is 4.63. The third-order valence-corrected chi connectivity index (χ3v) is 7.39. The molecule has 0 unspecified atom stereocenters. The minimum atomic E-state index is -4.29. The molecule has 1 heterocycles. The Morgan fingerprint density at radius 1 is 0.917 bits per heavy atom. The highest BCUT2D eigenvalue weighted by atomic mass is 32.2. The van der Waals surface area contributed by atoms with Crippen LogP contribution in [0.1, 0.15) is 40.1 Å². The lowest BCUT2D eigenvalue weighted by Crippen LogP contribution is -2.43. The smallest absolute Gasteiger partial charge is 0.269 e. The first-order chi connectivity index (χ1) is 17.1. The number of carbonyl (C=O) groups excluding carboxylic acids is 2. The predicted molar refractivity (Wildman–Crippen MR) is 134 cm³/mol. The lowest BCUT2D eigenvalue weighted by molar-refractivity contribution is -0.384. The van der Waals surface area contributed by atoms with E-state index in [4.69, 9.17) is 0 Å². The molecule has 0 radical (unpaired) electrons. The van der Waals surface area contributed by atoms with Gasteiger partial charge in [-0.25, -0.2) is 8.42 Å². The van der Waals surface area contributed by atoms with Crippen molar-refractivity contribution < 1.29 is 22.9 Å². The van der Waals surface area contributed by atoms with Crippen LogP contribution in [-0.4, -0.2) is 41.8 Å². The SMILES string of the molecule is CC(C)NC1=C(C(=O)c2ccccc2)N(CC(=O)c2ccc([N+](=O)[O-])cc2)S(=O)(=O)c2ccccc21. The van der Waals surface area contributed by atoms with Crippen molar-refractivity contribution in [2.75, 3.05) is 6.54 Å². The van der Waals surface area contributed by atoms with Crippen LogP contribution < -0.4 is 5.32 Å². The van der Waals surface area contributed by atoms with E-state index < -0.39 is 33.1 Å². The van der Waals surface area contributed by atoms with Crippen molar-refractivity contribution in [1.29, 1.82) is 0 Å². The number of rotatable bonds is 8. The summed E-state index contributed by atoms with van der Waals surface area (Å²) in [6, 6.07) is 19.2. The topological polar surface area (TPSA) is 127 Å². The van der Waals surface area contributed by atoms with Crippen molar-refractivity contribution in [1.82, 2.24) is 9.62 Å². The van der Waals surface area contributed by atoms with Crippen molar-refractivity contribution in [3.63, 3.8) is 0 Å². The second kappa shape index (κ2) is 9.74. The number of nitrogens with zero attached hydrogens (tertiary/aromatic N) is 2. The molecule has 0 spiro atoms. The van der Waals surface area contributed by atoms with Crippen LogP contribution in [0.5, 0.6) is 0 Å². The summed E-state index contributed by atoms with van der Waals surface area (Å²) in [7, 11) is -4.29. The number of ketones is 2. The Labute approximate surface area is 208 Å². The molecular formula is C26H23N3O6S. The number of nitrogens with one attached hydrogen (secondary N) is 1. The minimum absolute atomic E-state index is 0.0331. The lowest BCUT2D eigenvalue weighted by atomic mass is 10.0. The Morgan fingerprint density at radius 3 is 2.14 bits per heavy atom. The second-order valence-corrected chi connectivity index (χ2v) is 10.3. The van der Waals surface area contributed by atoms with Crippen LogP contribution in [-0.2, 0) is 10.0 Å². The molecule has 0 saturated heterocycles. The monoisotopic (exact) mass is 505 g/mol. The first-order valence-corrected chi connectivity index (χ1v) is 12.6. The second-order valence-electron chi connectivity index (χ2n) is 8.45. The average molecular weight is 506 g/mol. The van der Waals surface area contributed by atoms with Gasteiger partial charge in [0.15, 0.2) is 5.78 Å². The summed E-state index contributed by atoms with van der Waals surface area (Å²) in [5.74, 6) is -1.18. The summed E-state index contributed by atoms with van der Waals surface area (Å²) in [6.45, 7) is 3.05. The Bertz CT molecular complexity index is 1480. The number of fused-ring (bicyclic) bond motifs is 1. The molecule has 0 saturated carbocycles. The fourth-order valence-corrected chi connectivity index (χ4v) is 5.57. The van der Waals surface area contributed by atoms with E-state index in [1.807, 2.05) is 13.8 Å². The van der Waals surface area contributed by atoms with E-state index in [1.165, 1.54) is 30.3 Å². The zero-order valence-corrected chi connectivity index (χ0v) is 20.4. The van der Waals surface area contributed by atoms with Crippen molar-refractivity contribution in [3.8, 4) is 0 Å². The van der Waals surface area contributed by atoms with Crippen LogP contribution in [0.4, 0.5) is 5.69 Å². The molecule has 1 aliphatic rings. The van der Waals surface area contributed by atoms with Gasteiger partial charge in [0.1, 0.15) is 5.70 Å². The fraction of sp³-hybridized carbons (Fsp3) is 0.154. The maximum absolute atomic E-state index is 13.8. The highest BCUT2D eigenvalue weighted by molar-refractivity contribution is 7.89. The summed E-state index contributed by atoms with van der Waals surface area (Å²) in [5.41, 5.74) is 0.626. The quantitative estimate of drug-likeness (QED) is 0.278. The number of hydrogen-bond acceptors (Lipinski definition) is 7. The Hall–Kier alpha value is -4.31. The number of nitro groups is 1. The number of Topliss-reactive ketones (excluding diaryl/α,β-unsaturated/α-hetero) is 2. The van der Waals surface area contributed by atoms with Crippen molar-refractivity contribution in [3.05, 3.63) is 111 Å². The van der Waals surface area contributed by atoms with Crippen LogP contribution in [0.15, 0.2) is 89.5 Å². The van der Waals surface area contributed by atoms with E-state index in [-0.39, 0.29) is 33.4 Å². The van der Waals surface area contributed by atoms with Crippen LogP contribution in [0.3, 0.4) is 0 Å². The maximum atomic E-state index is 13.8. The normalized spacial score (nSPS) is 14.4. The summed E-state index contributed by atoms with van der Waals surface area (Å²) in [6.07, 6.45) is 0. The zero-order valence-electron chi connectivity index (χ0n) is 19.5. The average Bonchev–Trinajstić information content (AvgIpc) is 2.87. The summed E-state index contributed by atoms with van der Waals surface area (Å²) in [4.78, 5) is 37.3. The van der Waals surface area contributed by atoms with Gasteiger partial charge in [-0.3, -0.25) is 24.0 Å². The van der Waals surface area contributed by atoms with Gasteiger partial charge >= 0.3 is 0 Å². The molecule has 0 amide bonds. The van der Waals surface area contributed by atoms with Gasteiger partial charge in [0.25, 0.3) is 15.7 Å². The highest BCUT2D eigenvalue weighted by Gasteiger charge is 2.41. The maximum Gasteiger partial charge on any atom is 0.269 e. The van der Waals surface area contributed by atoms with Crippen LogP contribution in [0, 0.1) is 10.1 Å². The van der Waals surface area contributed by atoms with Crippen LogP contribution in [0.25, 0.3) is 5.70 Å². The van der Waals surface area contributed by atoms with Gasteiger partial charge in [0.05, 0.1) is 22.1 Å². The molecule has 0 atom stereocenters. The molecule has 36 heavy (non-hydrogen) atoms. The van der Waals surface area contributed by atoms with Gasteiger partial charge in [-0.2, -0.15) is 0 Å². The van der Waals surface area contributed by atoms with Crippen molar-refractivity contribution >= 4 is 33.0 Å². The predicted octanol–water partition coefficient (Wildman–Crippen LogP) is 4.03. The third-order valence-electron chi connectivity index (χ3n) is 5.58. The molecule has 3 aromatic carbocycles. The van der Waals surface area contributed by atoms with Gasteiger partial charge in [0, 0.05) is 34.9 Å². The van der Waals surface area contributed by atoms with E-state index in [0.717, 1.165) is 4.31 Å². The Morgan fingerprint density at radius 2 is 1.53 bits per heavy atom. The number of nitro benzene ring substituents is 1. The Balaban J connectivity index is 1.89. The lowest BCUT2D eigenvalue weighted by Gasteiger charge is -2.34. The molecule has 9 nitrogen and oxygen atoms in total. The first-order valence-electron chi connectivity index (χ1n) is 11.1. The van der Waals surface area contributed by atoms with Gasteiger partial charge < -0.3 is 5.32 Å². The fourth-order valence-electron chi connectivity index (χ4n) is 3.93. The molecule has 3 aromatic rings. The molecule has 10 heteroatoms.